The normalized spacial score (nSPS) is 11.7. The van der Waals surface area contributed by atoms with Crippen LogP contribution in [0.5, 0.6) is 0 Å². The van der Waals surface area contributed by atoms with Crippen LogP contribution in [-0.4, -0.2) is 20.4 Å². The van der Waals surface area contributed by atoms with Crippen molar-refractivity contribution in [2.75, 3.05) is 5.32 Å². The molecule has 0 saturated carbocycles. The van der Waals surface area contributed by atoms with Crippen molar-refractivity contribution in [1.82, 2.24) is 14.5 Å². The first-order valence-corrected chi connectivity index (χ1v) is 10.3. The largest absolute Gasteiger partial charge is 0.416 e. The minimum atomic E-state index is -4.54. The minimum absolute atomic E-state index is 0.0230. The van der Waals surface area contributed by atoms with Gasteiger partial charge in [0.05, 0.1) is 27.7 Å². The second-order valence-electron chi connectivity index (χ2n) is 7.19. The number of anilines is 1. The predicted octanol–water partition coefficient (Wildman–Crippen LogP) is 4.94. The monoisotopic (exact) mass is 458 g/mol. The van der Waals surface area contributed by atoms with E-state index in [4.69, 9.17) is 0 Å². The highest BCUT2D eigenvalue weighted by Crippen LogP contribution is 2.32. The lowest BCUT2D eigenvalue weighted by molar-refractivity contribution is -0.137. The van der Waals surface area contributed by atoms with Gasteiger partial charge in [0, 0.05) is 17.5 Å². The molecule has 0 spiro atoms. The Morgan fingerprint density at radius 1 is 1.09 bits per heavy atom. The Balaban J connectivity index is 1.86. The second kappa shape index (κ2) is 7.86. The van der Waals surface area contributed by atoms with Gasteiger partial charge in [-0.15, -0.1) is 11.3 Å². The summed E-state index contributed by atoms with van der Waals surface area (Å²) in [5.41, 5.74) is -0.197. The molecular formula is C22H17F3N4O2S. The van der Waals surface area contributed by atoms with Crippen LogP contribution in [0.3, 0.4) is 0 Å². The van der Waals surface area contributed by atoms with E-state index < -0.39 is 23.2 Å². The third kappa shape index (κ3) is 3.89. The van der Waals surface area contributed by atoms with Crippen molar-refractivity contribution in [3.8, 4) is 11.4 Å². The van der Waals surface area contributed by atoms with Crippen molar-refractivity contribution in [3.63, 3.8) is 0 Å². The molecule has 1 amide bonds. The van der Waals surface area contributed by atoms with Crippen LogP contribution < -0.4 is 10.9 Å². The van der Waals surface area contributed by atoms with Crippen LogP contribution in [0.25, 0.3) is 22.3 Å². The van der Waals surface area contributed by atoms with Gasteiger partial charge in [0.15, 0.2) is 5.13 Å². The van der Waals surface area contributed by atoms with E-state index in [9.17, 15) is 22.8 Å². The zero-order valence-electron chi connectivity index (χ0n) is 17.2. The van der Waals surface area contributed by atoms with Crippen LogP contribution in [0.4, 0.5) is 18.3 Å². The average molecular weight is 458 g/mol. The second-order valence-corrected chi connectivity index (χ2v) is 8.40. The summed E-state index contributed by atoms with van der Waals surface area (Å²) in [6.45, 7) is 3.71. The molecule has 2 aromatic carbocycles. The number of amides is 1. The lowest BCUT2D eigenvalue weighted by atomic mass is 10.1. The van der Waals surface area contributed by atoms with Crippen molar-refractivity contribution >= 4 is 33.3 Å². The highest BCUT2D eigenvalue weighted by Gasteiger charge is 2.31. The van der Waals surface area contributed by atoms with Gasteiger partial charge in [-0.2, -0.15) is 13.2 Å². The number of carbonyl (C=O) groups excluding carboxylic acids is 1. The first-order valence-electron chi connectivity index (χ1n) is 9.49. The van der Waals surface area contributed by atoms with Crippen molar-refractivity contribution in [1.29, 1.82) is 0 Å². The van der Waals surface area contributed by atoms with Crippen molar-refractivity contribution in [2.24, 2.45) is 7.05 Å². The smallest absolute Gasteiger partial charge is 0.298 e. The highest BCUT2D eigenvalue weighted by molar-refractivity contribution is 7.15. The van der Waals surface area contributed by atoms with Crippen LogP contribution in [0.1, 0.15) is 26.5 Å². The Morgan fingerprint density at radius 2 is 1.81 bits per heavy atom. The molecule has 4 rings (SSSR count). The number of aryl methyl sites for hydroxylation is 2. The van der Waals surface area contributed by atoms with Crippen LogP contribution in [-0.2, 0) is 13.2 Å². The van der Waals surface area contributed by atoms with Gasteiger partial charge in [0.1, 0.15) is 5.82 Å². The highest BCUT2D eigenvalue weighted by atomic mass is 32.1. The summed E-state index contributed by atoms with van der Waals surface area (Å²) in [5.74, 6) is -0.491. The first-order chi connectivity index (χ1) is 15.1. The lowest BCUT2D eigenvalue weighted by Gasteiger charge is -2.13. The van der Waals surface area contributed by atoms with Crippen molar-refractivity contribution in [2.45, 2.75) is 20.0 Å². The number of hydrogen-bond acceptors (Lipinski definition) is 5. The molecular weight excluding hydrogens is 441 g/mol. The summed E-state index contributed by atoms with van der Waals surface area (Å²) in [5, 5.41) is 3.29. The molecule has 10 heteroatoms. The number of hydrogen-bond donors (Lipinski definition) is 1. The quantitative estimate of drug-likeness (QED) is 0.472. The number of alkyl halides is 3. The number of halogens is 3. The van der Waals surface area contributed by atoms with E-state index in [1.807, 2.05) is 13.8 Å². The first kappa shape index (κ1) is 21.7. The number of benzene rings is 2. The third-order valence-electron chi connectivity index (χ3n) is 5.05. The number of para-hydroxylation sites is 1. The van der Waals surface area contributed by atoms with Crippen LogP contribution in [0.15, 0.2) is 47.3 Å². The number of aromatic nitrogens is 3. The Hall–Kier alpha value is -3.53. The molecule has 2 heterocycles. The fourth-order valence-corrected chi connectivity index (χ4v) is 4.07. The zero-order valence-corrected chi connectivity index (χ0v) is 18.1. The van der Waals surface area contributed by atoms with E-state index in [2.05, 4.69) is 15.3 Å². The van der Waals surface area contributed by atoms with E-state index in [0.29, 0.717) is 5.13 Å². The van der Waals surface area contributed by atoms with Gasteiger partial charge < -0.3 is 0 Å². The number of fused-ring (bicyclic) bond motifs is 1. The Bertz CT molecular complexity index is 1400. The number of carbonyl (C=O) groups is 1. The molecule has 6 nitrogen and oxygen atoms in total. The Labute approximate surface area is 184 Å². The van der Waals surface area contributed by atoms with Crippen LogP contribution in [0, 0.1) is 13.8 Å². The number of nitrogens with zero attached hydrogens (tertiary/aromatic N) is 3. The number of rotatable bonds is 3. The van der Waals surface area contributed by atoms with Crippen LogP contribution in [0.2, 0.25) is 0 Å². The van der Waals surface area contributed by atoms with E-state index in [1.165, 1.54) is 47.2 Å². The van der Waals surface area contributed by atoms with E-state index >= 15 is 0 Å². The fourth-order valence-electron chi connectivity index (χ4n) is 3.26. The van der Waals surface area contributed by atoms with Gasteiger partial charge in [0.2, 0.25) is 0 Å². The molecule has 164 valence electrons. The average Bonchev–Trinajstić information content (AvgIpc) is 3.06. The van der Waals surface area contributed by atoms with E-state index in [-0.39, 0.29) is 27.9 Å². The summed E-state index contributed by atoms with van der Waals surface area (Å²) in [7, 11) is 1.43. The summed E-state index contributed by atoms with van der Waals surface area (Å²) in [4.78, 5) is 35.5. The molecule has 0 aliphatic rings. The molecule has 32 heavy (non-hydrogen) atoms. The lowest BCUT2D eigenvalue weighted by Crippen LogP contribution is -2.22. The van der Waals surface area contributed by atoms with Gasteiger partial charge in [-0.25, -0.2) is 9.97 Å². The van der Waals surface area contributed by atoms with Gasteiger partial charge in [-0.3, -0.25) is 19.5 Å². The topological polar surface area (TPSA) is 76.9 Å². The summed E-state index contributed by atoms with van der Waals surface area (Å²) >= 11 is 1.32. The fraction of sp³-hybridized carbons (Fsp3) is 0.182. The molecule has 0 aliphatic heterocycles. The molecule has 2 aromatic heterocycles. The summed E-state index contributed by atoms with van der Waals surface area (Å²) < 4.78 is 40.7. The summed E-state index contributed by atoms with van der Waals surface area (Å²) in [6, 6.07) is 9.15. The molecule has 0 fully saturated rings. The third-order valence-corrected chi connectivity index (χ3v) is 6.04. The molecule has 0 unspecified atom stereocenters. The molecule has 0 atom stereocenters. The van der Waals surface area contributed by atoms with Gasteiger partial charge in [-0.05, 0) is 38.1 Å². The zero-order chi connectivity index (χ0) is 23.2. The molecule has 0 bridgehead atoms. The minimum Gasteiger partial charge on any atom is -0.298 e. The number of thiazole rings is 1. The number of nitrogens with one attached hydrogen (secondary N) is 1. The van der Waals surface area contributed by atoms with Gasteiger partial charge >= 0.3 is 6.18 Å². The maximum absolute atomic E-state index is 13.2. The maximum Gasteiger partial charge on any atom is 0.416 e. The SMILES string of the molecule is Cc1nc(NC(=O)c2cccc3c(=O)n(C)c(-c4cccc(C(F)(F)F)c4)nc23)sc1C. The standard InChI is InChI=1S/C22H17F3N4O2S/c1-11-12(2)32-21(26-11)28-19(30)15-8-5-9-16-17(15)27-18(29(3)20(16)31)13-6-4-7-14(10-13)22(23,24)25/h4-10H,1-3H3,(H,26,28,30). The molecule has 0 aliphatic carbocycles. The van der Waals surface area contributed by atoms with Gasteiger partial charge in [0.25, 0.3) is 11.5 Å². The van der Waals surface area contributed by atoms with E-state index in [1.54, 1.807) is 6.07 Å². The summed E-state index contributed by atoms with van der Waals surface area (Å²) in [6.07, 6.45) is -4.54. The molecule has 4 aromatic rings. The van der Waals surface area contributed by atoms with Crippen LogP contribution >= 0.6 is 11.3 Å². The Morgan fingerprint density at radius 3 is 2.47 bits per heavy atom. The van der Waals surface area contributed by atoms with Gasteiger partial charge in [-0.1, -0.05) is 18.2 Å². The molecule has 0 radical (unpaired) electrons. The van der Waals surface area contributed by atoms with E-state index in [0.717, 1.165) is 22.7 Å². The molecule has 1 N–H and O–H groups in total. The maximum atomic E-state index is 13.2. The van der Waals surface area contributed by atoms with Crippen molar-refractivity contribution in [3.05, 3.63) is 74.5 Å². The predicted molar refractivity (Wildman–Crippen MR) is 117 cm³/mol. The Kier molecular flexibility index (Phi) is 5.33. The molecule has 0 saturated heterocycles. The van der Waals surface area contributed by atoms with Crippen molar-refractivity contribution < 1.29 is 18.0 Å².